The molecular formula is C21H26ClN5O2. The number of hydrogen-bond acceptors (Lipinski definition) is 5. The van der Waals surface area contributed by atoms with E-state index in [1.165, 1.54) is 5.69 Å². The van der Waals surface area contributed by atoms with E-state index in [0.717, 1.165) is 39.3 Å². The normalized spacial score (nSPS) is 24.3. The maximum Gasteiger partial charge on any atom is 0.253 e. The Morgan fingerprint density at radius 1 is 1.28 bits per heavy atom. The lowest BCUT2D eigenvalue weighted by atomic mass is 9.82. The summed E-state index contributed by atoms with van der Waals surface area (Å²) in [6, 6.07) is 7.45. The van der Waals surface area contributed by atoms with E-state index < -0.39 is 0 Å². The molecule has 7 nitrogen and oxygen atoms in total. The third-order valence-corrected chi connectivity index (χ3v) is 6.72. The molecule has 1 atom stereocenters. The van der Waals surface area contributed by atoms with Crippen LogP contribution in [0.3, 0.4) is 0 Å². The van der Waals surface area contributed by atoms with Crippen molar-refractivity contribution in [3.8, 4) is 0 Å². The van der Waals surface area contributed by atoms with E-state index in [-0.39, 0.29) is 17.5 Å². The number of ether oxygens (including phenoxy) is 1. The molecule has 29 heavy (non-hydrogen) atoms. The molecule has 0 bridgehead atoms. The van der Waals surface area contributed by atoms with E-state index in [1.54, 1.807) is 12.1 Å². The summed E-state index contributed by atoms with van der Waals surface area (Å²) in [6.07, 6.45) is 3.77. The topological polar surface area (TPSA) is 53.8 Å². The number of imidazole rings is 1. The van der Waals surface area contributed by atoms with Gasteiger partial charge in [0.15, 0.2) is 0 Å². The Morgan fingerprint density at radius 3 is 2.79 bits per heavy atom. The molecule has 5 rings (SSSR count). The first-order valence-corrected chi connectivity index (χ1v) is 10.5. The van der Waals surface area contributed by atoms with Crippen LogP contribution in [0.2, 0.25) is 5.02 Å². The monoisotopic (exact) mass is 415 g/mol. The van der Waals surface area contributed by atoms with Gasteiger partial charge in [0.05, 0.1) is 36.8 Å². The maximum atomic E-state index is 13.2. The van der Waals surface area contributed by atoms with Crippen molar-refractivity contribution in [1.82, 2.24) is 24.3 Å². The fraction of sp³-hybridized carbons (Fsp3) is 0.524. The number of likely N-dealkylation sites (tertiary alicyclic amines) is 1. The van der Waals surface area contributed by atoms with Gasteiger partial charge in [-0.15, -0.1) is 0 Å². The van der Waals surface area contributed by atoms with E-state index in [9.17, 15) is 4.79 Å². The molecule has 8 heteroatoms. The summed E-state index contributed by atoms with van der Waals surface area (Å²) in [7, 11) is 2.03. The van der Waals surface area contributed by atoms with Crippen LogP contribution in [0.15, 0.2) is 36.8 Å². The van der Waals surface area contributed by atoms with Gasteiger partial charge in [0.25, 0.3) is 5.91 Å². The zero-order valence-corrected chi connectivity index (χ0v) is 17.4. The van der Waals surface area contributed by atoms with Crippen molar-refractivity contribution in [2.24, 2.45) is 7.05 Å². The van der Waals surface area contributed by atoms with Crippen molar-refractivity contribution in [3.63, 3.8) is 0 Å². The average Bonchev–Trinajstić information content (AvgIpc) is 3.11. The molecule has 0 radical (unpaired) electrons. The minimum absolute atomic E-state index is 0.00732. The largest absolute Gasteiger partial charge is 0.378 e. The van der Waals surface area contributed by atoms with Crippen LogP contribution < -0.4 is 0 Å². The minimum Gasteiger partial charge on any atom is -0.378 e. The second-order valence-electron chi connectivity index (χ2n) is 8.48. The summed E-state index contributed by atoms with van der Waals surface area (Å²) < 4.78 is 7.83. The highest BCUT2D eigenvalue weighted by molar-refractivity contribution is 6.30. The first kappa shape index (κ1) is 19.1. The van der Waals surface area contributed by atoms with E-state index in [1.807, 2.05) is 36.6 Å². The molecule has 2 aromatic rings. The molecule has 154 valence electrons. The van der Waals surface area contributed by atoms with Crippen molar-refractivity contribution < 1.29 is 9.53 Å². The van der Waals surface area contributed by atoms with Crippen LogP contribution in [-0.2, 0) is 18.3 Å². The molecule has 1 spiro atoms. The highest BCUT2D eigenvalue weighted by atomic mass is 35.5. The number of carbonyl (C=O) groups excluding carboxylic acids is 1. The molecule has 3 aliphatic rings. The smallest absolute Gasteiger partial charge is 0.253 e. The van der Waals surface area contributed by atoms with Crippen LogP contribution in [0.1, 0.15) is 16.1 Å². The fourth-order valence-corrected chi connectivity index (χ4v) is 5.20. The molecule has 3 fully saturated rings. The van der Waals surface area contributed by atoms with Crippen LogP contribution >= 0.6 is 11.6 Å². The van der Waals surface area contributed by atoms with Gasteiger partial charge in [-0.3, -0.25) is 14.6 Å². The zero-order chi connectivity index (χ0) is 20.0. The van der Waals surface area contributed by atoms with Gasteiger partial charge in [-0.05, 0) is 24.3 Å². The maximum absolute atomic E-state index is 13.2. The Kier molecular flexibility index (Phi) is 4.86. The quantitative estimate of drug-likeness (QED) is 0.760. The summed E-state index contributed by atoms with van der Waals surface area (Å²) in [5.74, 6) is 0.0800. The second kappa shape index (κ2) is 7.40. The first-order valence-electron chi connectivity index (χ1n) is 10.1. The van der Waals surface area contributed by atoms with Gasteiger partial charge in [0.1, 0.15) is 0 Å². The number of rotatable bonds is 3. The van der Waals surface area contributed by atoms with Crippen molar-refractivity contribution in [2.75, 3.05) is 45.9 Å². The lowest BCUT2D eigenvalue weighted by Gasteiger charge is -2.63. The minimum atomic E-state index is 0.00732. The number of benzene rings is 1. The Labute approximate surface area is 175 Å². The van der Waals surface area contributed by atoms with Gasteiger partial charge in [-0.2, -0.15) is 0 Å². The van der Waals surface area contributed by atoms with Crippen LogP contribution in [0.25, 0.3) is 0 Å². The van der Waals surface area contributed by atoms with E-state index in [2.05, 4.69) is 19.4 Å². The summed E-state index contributed by atoms with van der Waals surface area (Å²) >= 11 is 6.00. The van der Waals surface area contributed by atoms with Crippen LogP contribution in [0, 0.1) is 0 Å². The number of fused-ring (bicyclic) bond motifs is 2. The van der Waals surface area contributed by atoms with Crippen molar-refractivity contribution >= 4 is 17.5 Å². The van der Waals surface area contributed by atoms with Crippen molar-refractivity contribution in [3.05, 3.63) is 53.1 Å². The molecule has 1 aromatic heterocycles. The summed E-state index contributed by atoms with van der Waals surface area (Å²) in [4.78, 5) is 24.5. The summed E-state index contributed by atoms with van der Waals surface area (Å²) in [5.41, 5.74) is 1.91. The summed E-state index contributed by atoms with van der Waals surface area (Å²) in [6.45, 7) is 6.67. The molecule has 4 heterocycles. The van der Waals surface area contributed by atoms with Gasteiger partial charge < -0.3 is 14.2 Å². The number of piperazine rings is 1. The van der Waals surface area contributed by atoms with Crippen LogP contribution in [-0.4, -0.2) is 87.7 Å². The number of carbonyl (C=O) groups is 1. The predicted molar refractivity (Wildman–Crippen MR) is 110 cm³/mol. The predicted octanol–water partition coefficient (Wildman–Crippen LogP) is 1.48. The molecule has 0 aliphatic carbocycles. The SMILES string of the molecule is Cn1cncc1CN1CC2(C1)CN(C(=O)c1ccc(Cl)cc1)CC1COCCN12. The van der Waals surface area contributed by atoms with Crippen LogP contribution in [0.5, 0.6) is 0 Å². The van der Waals surface area contributed by atoms with Gasteiger partial charge in [0.2, 0.25) is 0 Å². The fourth-order valence-electron chi connectivity index (χ4n) is 5.07. The number of halogens is 1. The molecule has 1 aromatic carbocycles. The number of nitrogens with zero attached hydrogens (tertiary/aromatic N) is 5. The number of amides is 1. The van der Waals surface area contributed by atoms with E-state index >= 15 is 0 Å². The van der Waals surface area contributed by atoms with Gasteiger partial charge in [-0.25, -0.2) is 4.98 Å². The van der Waals surface area contributed by atoms with Crippen molar-refractivity contribution in [2.45, 2.75) is 18.1 Å². The van der Waals surface area contributed by atoms with Gasteiger partial charge in [0, 0.05) is 63.1 Å². The number of aryl methyl sites for hydroxylation is 1. The van der Waals surface area contributed by atoms with E-state index in [4.69, 9.17) is 16.3 Å². The molecule has 3 aliphatic heterocycles. The highest BCUT2D eigenvalue weighted by Gasteiger charge is 2.54. The Hall–Kier alpha value is -1.93. The third kappa shape index (κ3) is 3.46. The highest BCUT2D eigenvalue weighted by Crippen LogP contribution is 2.36. The third-order valence-electron chi connectivity index (χ3n) is 6.47. The lowest BCUT2D eigenvalue weighted by Crippen LogP contribution is -2.80. The Balaban J connectivity index is 1.34. The first-order chi connectivity index (χ1) is 14.0. The second-order valence-corrected chi connectivity index (χ2v) is 8.92. The molecule has 1 unspecified atom stereocenters. The molecule has 0 saturated carbocycles. The van der Waals surface area contributed by atoms with Crippen LogP contribution in [0.4, 0.5) is 0 Å². The Bertz CT molecular complexity index is 893. The number of morpholine rings is 1. The molecule has 1 amide bonds. The molecule has 3 saturated heterocycles. The summed E-state index contributed by atoms with van der Waals surface area (Å²) in [5, 5.41) is 0.647. The standard InChI is InChI=1S/C21H26ClN5O2/c1-24-15-23-8-18(24)9-25-12-21(13-25)14-26(10-19-11-29-7-6-27(19)21)20(28)16-2-4-17(22)5-3-16/h2-5,8,15,19H,6-7,9-14H2,1H3. The molecule has 0 N–H and O–H groups in total. The van der Waals surface area contributed by atoms with Crippen molar-refractivity contribution in [1.29, 1.82) is 0 Å². The number of aromatic nitrogens is 2. The zero-order valence-electron chi connectivity index (χ0n) is 16.6. The average molecular weight is 416 g/mol. The Morgan fingerprint density at radius 2 is 2.07 bits per heavy atom. The molecular weight excluding hydrogens is 390 g/mol. The number of hydrogen-bond donors (Lipinski definition) is 0. The van der Waals surface area contributed by atoms with E-state index in [0.29, 0.717) is 23.7 Å². The van der Waals surface area contributed by atoms with Gasteiger partial charge >= 0.3 is 0 Å². The van der Waals surface area contributed by atoms with Gasteiger partial charge in [-0.1, -0.05) is 11.6 Å². The lowest BCUT2D eigenvalue weighted by molar-refractivity contribution is -0.160.